The van der Waals surface area contributed by atoms with Crippen LogP contribution in [0.25, 0.3) is 0 Å². The summed E-state index contributed by atoms with van der Waals surface area (Å²) in [6.45, 7) is 4.00. The Hall–Kier alpha value is -2.40. The first-order chi connectivity index (χ1) is 12.1. The maximum atomic E-state index is 13.7. The Morgan fingerprint density at radius 1 is 1.16 bits per heavy atom. The monoisotopic (exact) mass is 342 g/mol. The molecule has 2 N–H and O–H groups in total. The van der Waals surface area contributed by atoms with Crippen molar-refractivity contribution in [1.29, 1.82) is 0 Å². The van der Waals surface area contributed by atoms with Gasteiger partial charge in [0.05, 0.1) is 5.69 Å². The number of fused-ring (bicyclic) bond motifs is 1. The minimum atomic E-state index is -0.336. The zero-order valence-corrected chi connectivity index (χ0v) is 14.4. The molecule has 0 radical (unpaired) electrons. The number of nitrogens with one attached hydrogen (secondary N) is 2. The van der Waals surface area contributed by atoms with Gasteiger partial charge in [-0.3, -0.25) is 4.79 Å². The van der Waals surface area contributed by atoms with Crippen LogP contribution in [0, 0.1) is 12.7 Å². The van der Waals surface area contributed by atoms with Crippen molar-refractivity contribution in [3.05, 3.63) is 58.9 Å². The van der Waals surface area contributed by atoms with E-state index in [4.69, 9.17) is 4.74 Å². The van der Waals surface area contributed by atoms with E-state index in [9.17, 15) is 9.18 Å². The first kappa shape index (κ1) is 17.4. The van der Waals surface area contributed by atoms with Crippen molar-refractivity contribution in [2.75, 3.05) is 25.0 Å². The number of hydrogen-bond donors (Lipinski definition) is 2. The van der Waals surface area contributed by atoms with E-state index in [0.717, 1.165) is 18.5 Å². The van der Waals surface area contributed by atoms with Gasteiger partial charge in [-0.25, -0.2) is 4.39 Å². The highest BCUT2D eigenvalue weighted by molar-refractivity contribution is 5.95. The normalized spacial score (nSPS) is 13.3. The van der Waals surface area contributed by atoms with Crippen LogP contribution in [-0.2, 0) is 17.6 Å². The summed E-state index contributed by atoms with van der Waals surface area (Å²) in [5.41, 5.74) is 3.95. The molecule has 0 atom stereocenters. The lowest BCUT2D eigenvalue weighted by Gasteiger charge is -2.20. The number of amides is 1. The fourth-order valence-corrected chi connectivity index (χ4v) is 2.88. The van der Waals surface area contributed by atoms with Gasteiger partial charge >= 0.3 is 0 Å². The van der Waals surface area contributed by atoms with Gasteiger partial charge in [0.15, 0.2) is 0 Å². The second-order valence-electron chi connectivity index (χ2n) is 6.32. The van der Waals surface area contributed by atoms with Gasteiger partial charge in [-0.05, 0) is 43.5 Å². The molecule has 5 heteroatoms. The number of carbonyl (C=O) groups excluding carboxylic acids is 1. The number of halogens is 1. The van der Waals surface area contributed by atoms with E-state index in [0.29, 0.717) is 37.4 Å². The maximum absolute atomic E-state index is 13.7. The van der Waals surface area contributed by atoms with E-state index < -0.39 is 0 Å². The molecule has 0 fully saturated rings. The van der Waals surface area contributed by atoms with Crippen molar-refractivity contribution >= 4 is 11.6 Å². The van der Waals surface area contributed by atoms with Gasteiger partial charge in [0.2, 0.25) is 5.91 Å². The third-order valence-electron chi connectivity index (χ3n) is 4.28. The summed E-state index contributed by atoms with van der Waals surface area (Å²) in [6.07, 6.45) is 1.88. The van der Waals surface area contributed by atoms with Gasteiger partial charge in [-0.2, -0.15) is 0 Å². The second-order valence-corrected chi connectivity index (χ2v) is 6.32. The van der Waals surface area contributed by atoms with Crippen LogP contribution >= 0.6 is 0 Å². The molecule has 25 heavy (non-hydrogen) atoms. The third-order valence-corrected chi connectivity index (χ3v) is 4.28. The predicted molar refractivity (Wildman–Crippen MR) is 96.6 cm³/mol. The van der Waals surface area contributed by atoms with Gasteiger partial charge in [-0.1, -0.05) is 29.8 Å². The molecule has 0 saturated heterocycles. The topological polar surface area (TPSA) is 50.4 Å². The summed E-state index contributed by atoms with van der Waals surface area (Å²) in [5.74, 6) is 0.0146. The highest BCUT2D eigenvalue weighted by atomic mass is 19.1. The molecule has 1 heterocycles. The first-order valence-corrected chi connectivity index (χ1v) is 8.63. The fraction of sp³-hybridized carbons (Fsp3) is 0.350. The Kier molecular flexibility index (Phi) is 5.66. The molecule has 0 unspecified atom stereocenters. The summed E-state index contributed by atoms with van der Waals surface area (Å²) < 4.78 is 19.4. The SMILES string of the molecule is Cc1ccc(CCNCCOc2cc(F)cc3c2NC(=O)CC3)cc1. The lowest BCUT2D eigenvalue weighted by Crippen LogP contribution is -2.24. The highest BCUT2D eigenvalue weighted by Gasteiger charge is 2.20. The number of carbonyl (C=O) groups is 1. The summed E-state index contributed by atoms with van der Waals surface area (Å²) in [6, 6.07) is 11.3. The highest BCUT2D eigenvalue weighted by Crippen LogP contribution is 2.33. The number of rotatable bonds is 7. The number of ether oxygens (including phenoxy) is 1. The lowest BCUT2D eigenvalue weighted by molar-refractivity contribution is -0.116. The van der Waals surface area contributed by atoms with Gasteiger partial charge in [0, 0.05) is 19.0 Å². The molecular formula is C20H23FN2O2. The van der Waals surface area contributed by atoms with Crippen molar-refractivity contribution in [3.63, 3.8) is 0 Å². The summed E-state index contributed by atoms with van der Waals surface area (Å²) in [4.78, 5) is 11.6. The van der Waals surface area contributed by atoms with Gasteiger partial charge in [-0.15, -0.1) is 0 Å². The summed E-state index contributed by atoms with van der Waals surface area (Å²) in [5, 5.41) is 6.10. The van der Waals surface area contributed by atoms with Crippen LogP contribution in [0.4, 0.5) is 10.1 Å². The molecule has 1 aliphatic rings. The second kappa shape index (κ2) is 8.12. The van der Waals surface area contributed by atoms with Crippen molar-refractivity contribution in [2.45, 2.75) is 26.2 Å². The molecular weight excluding hydrogens is 319 g/mol. The number of hydrogen-bond acceptors (Lipinski definition) is 3. The van der Waals surface area contributed by atoms with E-state index in [-0.39, 0.29) is 11.7 Å². The van der Waals surface area contributed by atoms with Crippen LogP contribution in [0.15, 0.2) is 36.4 Å². The standard InChI is InChI=1S/C20H23FN2O2/c1-14-2-4-15(5-3-14)8-9-22-10-11-25-18-13-17(21)12-16-6-7-19(24)23-20(16)18/h2-5,12-13,22H,6-11H2,1H3,(H,23,24). The van der Waals surface area contributed by atoms with Crippen LogP contribution in [-0.4, -0.2) is 25.6 Å². The molecule has 0 spiro atoms. The Balaban J connectivity index is 1.45. The van der Waals surface area contributed by atoms with E-state index in [2.05, 4.69) is 41.8 Å². The zero-order valence-electron chi connectivity index (χ0n) is 14.4. The number of benzene rings is 2. The largest absolute Gasteiger partial charge is 0.490 e. The Bertz CT molecular complexity index is 744. The molecule has 4 nitrogen and oxygen atoms in total. The minimum absolute atomic E-state index is 0.0554. The molecule has 0 bridgehead atoms. The van der Waals surface area contributed by atoms with E-state index in [1.165, 1.54) is 23.3 Å². The molecule has 132 valence electrons. The maximum Gasteiger partial charge on any atom is 0.224 e. The molecule has 0 saturated carbocycles. The molecule has 2 aromatic carbocycles. The quantitative estimate of drug-likeness (QED) is 0.760. The molecule has 0 aliphatic carbocycles. The molecule has 3 rings (SSSR count). The van der Waals surface area contributed by atoms with Gasteiger partial charge in [0.25, 0.3) is 0 Å². The Labute approximate surface area is 147 Å². The Morgan fingerprint density at radius 2 is 1.96 bits per heavy atom. The van der Waals surface area contributed by atoms with Crippen LogP contribution in [0.1, 0.15) is 23.1 Å². The van der Waals surface area contributed by atoms with Crippen molar-refractivity contribution in [1.82, 2.24) is 5.32 Å². The first-order valence-electron chi connectivity index (χ1n) is 8.63. The fourth-order valence-electron chi connectivity index (χ4n) is 2.88. The predicted octanol–water partition coefficient (Wildman–Crippen LogP) is 3.23. The van der Waals surface area contributed by atoms with Crippen molar-refractivity contribution in [2.24, 2.45) is 0 Å². The average Bonchev–Trinajstić information content (AvgIpc) is 2.60. The molecule has 0 aromatic heterocycles. The van der Waals surface area contributed by atoms with Gasteiger partial charge < -0.3 is 15.4 Å². The van der Waals surface area contributed by atoms with E-state index >= 15 is 0 Å². The zero-order chi connectivity index (χ0) is 17.6. The minimum Gasteiger partial charge on any atom is -0.490 e. The number of aryl methyl sites for hydroxylation is 2. The van der Waals surface area contributed by atoms with Gasteiger partial charge in [0.1, 0.15) is 18.2 Å². The summed E-state index contributed by atoms with van der Waals surface area (Å²) in [7, 11) is 0. The summed E-state index contributed by atoms with van der Waals surface area (Å²) >= 11 is 0. The average molecular weight is 342 g/mol. The third kappa shape index (κ3) is 4.79. The molecule has 1 amide bonds. The van der Waals surface area contributed by atoms with Crippen LogP contribution in [0.3, 0.4) is 0 Å². The molecule has 2 aromatic rings. The van der Waals surface area contributed by atoms with E-state index in [1.807, 2.05) is 0 Å². The van der Waals surface area contributed by atoms with Crippen LogP contribution in [0.2, 0.25) is 0 Å². The van der Waals surface area contributed by atoms with Crippen LogP contribution in [0.5, 0.6) is 5.75 Å². The van der Waals surface area contributed by atoms with Crippen molar-refractivity contribution in [3.8, 4) is 5.75 Å². The van der Waals surface area contributed by atoms with Crippen molar-refractivity contribution < 1.29 is 13.9 Å². The van der Waals surface area contributed by atoms with Crippen LogP contribution < -0.4 is 15.4 Å². The lowest BCUT2D eigenvalue weighted by atomic mass is 10.0. The van der Waals surface area contributed by atoms with E-state index in [1.54, 1.807) is 0 Å². The molecule has 1 aliphatic heterocycles. The number of anilines is 1. The smallest absolute Gasteiger partial charge is 0.224 e. The Morgan fingerprint density at radius 3 is 2.76 bits per heavy atom.